The number of aromatic nitrogens is 1. The molecule has 2 fully saturated rings. The van der Waals surface area contributed by atoms with Gasteiger partial charge in [-0.3, -0.25) is 9.59 Å². The minimum absolute atomic E-state index is 0.0496. The van der Waals surface area contributed by atoms with E-state index in [0.717, 1.165) is 0 Å². The van der Waals surface area contributed by atoms with Gasteiger partial charge in [-0.15, -0.1) is 0 Å². The number of piperazine rings is 1. The van der Waals surface area contributed by atoms with Gasteiger partial charge in [0.25, 0.3) is 5.91 Å². The molecule has 2 atom stereocenters. The molecule has 0 aromatic carbocycles. The van der Waals surface area contributed by atoms with Crippen molar-refractivity contribution >= 4 is 21.7 Å². The lowest BCUT2D eigenvalue weighted by atomic mass is 10.0. The van der Waals surface area contributed by atoms with Gasteiger partial charge in [0.05, 0.1) is 23.6 Å². The van der Waals surface area contributed by atoms with E-state index in [-0.39, 0.29) is 34.9 Å². The topological polar surface area (TPSA) is 101 Å². The second kappa shape index (κ2) is 6.44. The first-order valence-electron chi connectivity index (χ1n) is 8.42. The van der Waals surface area contributed by atoms with E-state index in [1.807, 2.05) is 13.8 Å². The lowest BCUT2D eigenvalue weighted by molar-refractivity contribution is -0.137. The standard InChI is InChI=1S/C16H23N3O5S/c1-10(2)6-15(20)18-4-5-19(14-9-25(22,23)8-13(14)18)16(21)12-7-11(3)24-17-12/h7,10,13-14H,4-6,8-9H2,1-3H3/t13-,14+/m1/s1. The average molecular weight is 369 g/mol. The van der Waals surface area contributed by atoms with Crippen molar-refractivity contribution in [2.24, 2.45) is 5.92 Å². The number of sulfone groups is 1. The van der Waals surface area contributed by atoms with Gasteiger partial charge in [0.15, 0.2) is 15.5 Å². The first-order valence-corrected chi connectivity index (χ1v) is 10.2. The van der Waals surface area contributed by atoms with E-state index in [1.54, 1.807) is 11.8 Å². The van der Waals surface area contributed by atoms with Crippen LogP contribution in [-0.4, -0.2) is 71.9 Å². The summed E-state index contributed by atoms with van der Waals surface area (Å²) in [5.41, 5.74) is 0.169. The van der Waals surface area contributed by atoms with E-state index in [0.29, 0.717) is 25.3 Å². The molecule has 0 bridgehead atoms. The summed E-state index contributed by atoms with van der Waals surface area (Å²) < 4.78 is 29.3. The van der Waals surface area contributed by atoms with E-state index < -0.39 is 21.9 Å². The maximum absolute atomic E-state index is 12.7. The van der Waals surface area contributed by atoms with Crippen LogP contribution in [0.1, 0.15) is 36.5 Å². The monoisotopic (exact) mass is 369 g/mol. The molecule has 3 rings (SSSR count). The number of hydrogen-bond donors (Lipinski definition) is 0. The summed E-state index contributed by atoms with van der Waals surface area (Å²) in [6.45, 7) is 6.23. The molecule has 2 aliphatic heterocycles. The number of amides is 2. The first-order chi connectivity index (χ1) is 11.7. The summed E-state index contributed by atoms with van der Waals surface area (Å²) in [5, 5.41) is 3.74. The fourth-order valence-electron chi connectivity index (χ4n) is 3.60. The fraction of sp³-hybridized carbons (Fsp3) is 0.688. The van der Waals surface area contributed by atoms with Crippen molar-refractivity contribution in [3.05, 3.63) is 17.5 Å². The highest BCUT2D eigenvalue weighted by atomic mass is 32.2. The number of hydrogen-bond acceptors (Lipinski definition) is 6. The number of rotatable bonds is 3. The highest BCUT2D eigenvalue weighted by Gasteiger charge is 2.49. The largest absolute Gasteiger partial charge is 0.361 e. The van der Waals surface area contributed by atoms with Crippen LogP contribution >= 0.6 is 0 Å². The Morgan fingerprint density at radius 2 is 1.84 bits per heavy atom. The third kappa shape index (κ3) is 3.56. The van der Waals surface area contributed by atoms with Crippen molar-refractivity contribution in [1.82, 2.24) is 15.0 Å². The molecule has 8 nitrogen and oxygen atoms in total. The van der Waals surface area contributed by atoms with Crippen molar-refractivity contribution in [2.75, 3.05) is 24.6 Å². The van der Waals surface area contributed by atoms with Crippen LogP contribution in [0.4, 0.5) is 0 Å². The van der Waals surface area contributed by atoms with Crippen LogP contribution in [0.3, 0.4) is 0 Å². The van der Waals surface area contributed by atoms with Crippen LogP contribution in [0.5, 0.6) is 0 Å². The SMILES string of the molecule is Cc1cc(C(=O)N2CCN(C(=O)CC(C)C)[C@@H]3CS(=O)(=O)C[C@@H]32)no1. The predicted octanol–water partition coefficient (Wildman–Crippen LogP) is 0.479. The second-order valence-corrected chi connectivity index (χ2v) is 9.37. The van der Waals surface area contributed by atoms with Gasteiger partial charge in [-0.2, -0.15) is 0 Å². The molecule has 2 saturated heterocycles. The fourth-order valence-corrected chi connectivity index (χ4v) is 5.58. The lowest BCUT2D eigenvalue weighted by Gasteiger charge is -2.43. The van der Waals surface area contributed by atoms with Gasteiger partial charge in [-0.25, -0.2) is 8.42 Å². The van der Waals surface area contributed by atoms with E-state index in [1.165, 1.54) is 11.0 Å². The van der Waals surface area contributed by atoms with E-state index in [9.17, 15) is 18.0 Å². The Balaban J connectivity index is 1.85. The zero-order chi connectivity index (χ0) is 18.4. The molecule has 0 aliphatic carbocycles. The van der Waals surface area contributed by atoms with Crippen LogP contribution in [0.2, 0.25) is 0 Å². The highest BCUT2D eigenvalue weighted by Crippen LogP contribution is 2.29. The van der Waals surface area contributed by atoms with Gasteiger partial charge < -0.3 is 14.3 Å². The van der Waals surface area contributed by atoms with Crippen LogP contribution < -0.4 is 0 Å². The molecule has 1 aromatic heterocycles. The van der Waals surface area contributed by atoms with Crippen LogP contribution in [0, 0.1) is 12.8 Å². The molecular weight excluding hydrogens is 346 g/mol. The number of aryl methyl sites for hydroxylation is 1. The molecule has 9 heteroatoms. The van der Waals surface area contributed by atoms with Gasteiger partial charge in [-0.05, 0) is 12.8 Å². The molecule has 25 heavy (non-hydrogen) atoms. The van der Waals surface area contributed by atoms with Gasteiger partial charge >= 0.3 is 0 Å². The van der Waals surface area contributed by atoms with Crippen molar-refractivity contribution in [3.63, 3.8) is 0 Å². The summed E-state index contributed by atoms with van der Waals surface area (Å²) in [4.78, 5) is 28.4. The quantitative estimate of drug-likeness (QED) is 0.768. The van der Waals surface area contributed by atoms with Gasteiger partial charge in [0, 0.05) is 25.6 Å². The summed E-state index contributed by atoms with van der Waals surface area (Å²) in [7, 11) is -3.30. The Labute approximate surface area is 147 Å². The van der Waals surface area contributed by atoms with E-state index in [4.69, 9.17) is 4.52 Å². The molecule has 1 aromatic rings. The lowest BCUT2D eigenvalue weighted by Crippen LogP contribution is -2.62. The molecule has 0 N–H and O–H groups in total. The minimum Gasteiger partial charge on any atom is -0.361 e. The normalized spacial score (nSPS) is 25.3. The van der Waals surface area contributed by atoms with Gasteiger partial charge in [-0.1, -0.05) is 19.0 Å². The first kappa shape index (κ1) is 17.9. The molecule has 2 aliphatic rings. The molecule has 0 saturated carbocycles. The third-order valence-electron chi connectivity index (χ3n) is 4.69. The van der Waals surface area contributed by atoms with Crippen molar-refractivity contribution < 1.29 is 22.5 Å². The van der Waals surface area contributed by atoms with E-state index in [2.05, 4.69) is 5.16 Å². The number of nitrogens with zero attached hydrogens (tertiary/aromatic N) is 3. The summed E-state index contributed by atoms with van der Waals surface area (Å²) in [5.74, 6) is 0.104. The molecular formula is C16H23N3O5S. The Hall–Kier alpha value is -1.90. The van der Waals surface area contributed by atoms with Gasteiger partial charge in [0.1, 0.15) is 5.76 Å². The third-order valence-corrected chi connectivity index (χ3v) is 6.39. The van der Waals surface area contributed by atoms with Gasteiger partial charge in [0.2, 0.25) is 5.91 Å². The highest BCUT2D eigenvalue weighted by molar-refractivity contribution is 7.91. The Bertz CT molecular complexity index is 785. The molecule has 0 spiro atoms. The smallest absolute Gasteiger partial charge is 0.276 e. The zero-order valence-electron chi connectivity index (χ0n) is 14.6. The van der Waals surface area contributed by atoms with Crippen LogP contribution in [0.15, 0.2) is 10.6 Å². The minimum atomic E-state index is -3.30. The Morgan fingerprint density at radius 3 is 2.40 bits per heavy atom. The number of carbonyl (C=O) groups excluding carboxylic acids is 2. The second-order valence-electron chi connectivity index (χ2n) is 7.22. The Kier molecular flexibility index (Phi) is 4.61. The summed E-state index contributed by atoms with van der Waals surface area (Å²) in [6, 6.07) is 0.526. The predicted molar refractivity (Wildman–Crippen MR) is 89.7 cm³/mol. The molecule has 3 heterocycles. The maximum Gasteiger partial charge on any atom is 0.276 e. The summed E-state index contributed by atoms with van der Waals surface area (Å²) >= 11 is 0. The Morgan fingerprint density at radius 1 is 1.24 bits per heavy atom. The number of fused-ring (bicyclic) bond motifs is 1. The molecule has 0 unspecified atom stereocenters. The van der Waals surface area contributed by atoms with Crippen molar-refractivity contribution in [3.8, 4) is 0 Å². The average Bonchev–Trinajstić information content (AvgIpc) is 3.06. The van der Waals surface area contributed by atoms with Crippen LogP contribution in [0.25, 0.3) is 0 Å². The van der Waals surface area contributed by atoms with Crippen molar-refractivity contribution in [1.29, 1.82) is 0 Å². The molecule has 2 amide bonds. The summed E-state index contributed by atoms with van der Waals surface area (Å²) in [6.07, 6.45) is 0.375. The van der Waals surface area contributed by atoms with E-state index >= 15 is 0 Å². The van der Waals surface area contributed by atoms with Crippen molar-refractivity contribution in [2.45, 2.75) is 39.3 Å². The zero-order valence-corrected chi connectivity index (χ0v) is 15.5. The van der Waals surface area contributed by atoms with Crippen LogP contribution in [-0.2, 0) is 14.6 Å². The maximum atomic E-state index is 12.7. The molecule has 138 valence electrons. The number of carbonyl (C=O) groups is 2. The molecule has 0 radical (unpaired) electrons.